The SMILES string of the molecule is O=C(NC1CCC(F)(F)CC1)c1cn(Cc2ccc(-n3cccn3)cc2)c2cccnc12. The molecule has 0 aliphatic heterocycles. The molecule has 1 amide bonds. The van der Waals surface area contributed by atoms with Gasteiger partial charge in [-0.15, -0.1) is 0 Å². The molecule has 0 radical (unpaired) electrons. The first-order valence-corrected chi connectivity index (χ1v) is 10.7. The van der Waals surface area contributed by atoms with Crippen LogP contribution in [0.2, 0.25) is 0 Å². The third-order valence-electron chi connectivity index (χ3n) is 5.99. The minimum Gasteiger partial charge on any atom is -0.349 e. The average molecular weight is 435 g/mol. The van der Waals surface area contributed by atoms with Crippen molar-refractivity contribution < 1.29 is 13.6 Å². The monoisotopic (exact) mass is 435 g/mol. The van der Waals surface area contributed by atoms with E-state index in [0.717, 1.165) is 16.8 Å². The van der Waals surface area contributed by atoms with E-state index in [9.17, 15) is 13.6 Å². The summed E-state index contributed by atoms with van der Waals surface area (Å²) in [6.45, 7) is 0.574. The Morgan fingerprint density at radius 3 is 2.59 bits per heavy atom. The molecule has 0 atom stereocenters. The van der Waals surface area contributed by atoms with Gasteiger partial charge in [0.05, 0.1) is 16.8 Å². The van der Waals surface area contributed by atoms with Crippen molar-refractivity contribution >= 4 is 16.9 Å². The van der Waals surface area contributed by atoms with E-state index in [1.54, 1.807) is 23.3 Å². The number of pyridine rings is 1. The largest absolute Gasteiger partial charge is 0.349 e. The molecule has 4 aromatic rings. The van der Waals surface area contributed by atoms with Gasteiger partial charge in [-0.3, -0.25) is 9.78 Å². The lowest BCUT2D eigenvalue weighted by Gasteiger charge is -2.28. The molecular weight excluding hydrogens is 412 g/mol. The number of amides is 1. The number of hydrogen-bond donors (Lipinski definition) is 1. The Labute approximate surface area is 183 Å². The summed E-state index contributed by atoms with van der Waals surface area (Å²) in [5.41, 5.74) is 3.97. The van der Waals surface area contributed by atoms with Gasteiger partial charge in [-0.05, 0) is 48.7 Å². The number of aromatic nitrogens is 4. The Hall–Kier alpha value is -3.55. The number of fused-ring (bicyclic) bond motifs is 1. The summed E-state index contributed by atoms with van der Waals surface area (Å²) >= 11 is 0. The predicted octanol–water partition coefficient (Wildman–Crippen LogP) is 4.58. The maximum Gasteiger partial charge on any atom is 0.255 e. The first kappa shape index (κ1) is 20.4. The van der Waals surface area contributed by atoms with E-state index in [4.69, 9.17) is 0 Å². The van der Waals surface area contributed by atoms with Crippen LogP contribution in [0, 0.1) is 0 Å². The molecule has 0 bridgehead atoms. The molecule has 5 rings (SSSR count). The highest BCUT2D eigenvalue weighted by Gasteiger charge is 2.35. The Kier molecular flexibility index (Phi) is 5.20. The summed E-state index contributed by atoms with van der Waals surface area (Å²) in [6.07, 6.45) is 7.27. The van der Waals surface area contributed by atoms with Crippen LogP contribution in [0.15, 0.2) is 67.3 Å². The average Bonchev–Trinajstić information content (AvgIpc) is 3.45. The summed E-state index contributed by atoms with van der Waals surface area (Å²) in [5.74, 6) is -2.89. The summed E-state index contributed by atoms with van der Waals surface area (Å²) < 4.78 is 30.7. The van der Waals surface area contributed by atoms with E-state index in [0.29, 0.717) is 17.6 Å². The molecule has 0 saturated heterocycles. The molecule has 1 aliphatic carbocycles. The molecule has 1 aromatic carbocycles. The summed E-state index contributed by atoms with van der Waals surface area (Å²) in [6, 6.07) is 13.5. The number of nitrogens with zero attached hydrogens (tertiary/aromatic N) is 4. The van der Waals surface area contributed by atoms with Crippen LogP contribution in [0.5, 0.6) is 0 Å². The van der Waals surface area contributed by atoms with Gasteiger partial charge in [-0.2, -0.15) is 5.10 Å². The number of halogens is 2. The fraction of sp³-hybridized carbons (Fsp3) is 0.292. The number of carbonyl (C=O) groups is 1. The zero-order valence-electron chi connectivity index (χ0n) is 17.4. The van der Waals surface area contributed by atoms with E-state index in [-0.39, 0.29) is 37.6 Å². The third-order valence-corrected chi connectivity index (χ3v) is 5.99. The summed E-state index contributed by atoms with van der Waals surface area (Å²) in [7, 11) is 0. The van der Waals surface area contributed by atoms with Crippen molar-refractivity contribution in [3.8, 4) is 5.69 Å². The van der Waals surface area contributed by atoms with E-state index in [1.165, 1.54) is 0 Å². The van der Waals surface area contributed by atoms with Crippen LogP contribution in [0.1, 0.15) is 41.6 Å². The van der Waals surface area contributed by atoms with Gasteiger partial charge in [0.1, 0.15) is 5.52 Å². The first-order chi connectivity index (χ1) is 15.5. The van der Waals surface area contributed by atoms with Crippen molar-refractivity contribution in [2.24, 2.45) is 0 Å². The number of hydrogen-bond acceptors (Lipinski definition) is 3. The lowest BCUT2D eigenvalue weighted by atomic mass is 9.92. The molecule has 0 spiro atoms. The topological polar surface area (TPSA) is 64.7 Å². The molecule has 1 N–H and O–H groups in total. The summed E-state index contributed by atoms with van der Waals surface area (Å²) in [5, 5.41) is 7.17. The summed E-state index contributed by atoms with van der Waals surface area (Å²) in [4.78, 5) is 17.4. The normalized spacial score (nSPS) is 16.3. The molecule has 1 aliphatic rings. The second-order valence-corrected chi connectivity index (χ2v) is 8.26. The standard InChI is InChI=1S/C24H23F2N5O/c25-24(26)10-8-18(9-11-24)29-23(32)20-16-30(21-3-1-12-27-22(20)21)15-17-4-6-19(7-5-17)31-14-2-13-28-31/h1-7,12-14,16,18H,8-11,15H2,(H,29,32). The van der Waals surface area contributed by atoms with Crippen molar-refractivity contribution in [1.29, 1.82) is 0 Å². The smallest absolute Gasteiger partial charge is 0.255 e. The Bertz CT molecular complexity index is 1220. The second kappa shape index (κ2) is 8.18. The maximum absolute atomic E-state index is 13.4. The molecule has 0 unspecified atom stereocenters. The quantitative estimate of drug-likeness (QED) is 0.499. The van der Waals surface area contributed by atoms with Gasteiger partial charge in [0.15, 0.2) is 0 Å². The van der Waals surface area contributed by atoms with Gasteiger partial charge in [0.25, 0.3) is 5.91 Å². The van der Waals surface area contributed by atoms with Crippen LogP contribution in [0.3, 0.4) is 0 Å². The van der Waals surface area contributed by atoms with Crippen molar-refractivity contribution in [3.05, 3.63) is 78.4 Å². The molecule has 3 aromatic heterocycles. The Morgan fingerprint density at radius 2 is 1.88 bits per heavy atom. The molecule has 1 fully saturated rings. The highest BCUT2D eigenvalue weighted by Crippen LogP contribution is 2.33. The van der Waals surface area contributed by atoms with E-state index in [2.05, 4.69) is 15.4 Å². The Morgan fingerprint density at radius 1 is 1.09 bits per heavy atom. The van der Waals surface area contributed by atoms with Crippen LogP contribution in [-0.2, 0) is 6.54 Å². The van der Waals surface area contributed by atoms with Gasteiger partial charge < -0.3 is 9.88 Å². The van der Waals surface area contributed by atoms with Crippen molar-refractivity contribution in [2.75, 3.05) is 0 Å². The highest BCUT2D eigenvalue weighted by molar-refractivity contribution is 6.05. The predicted molar refractivity (Wildman–Crippen MR) is 117 cm³/mol. The van der Waals surface area contributed by atoms with Crippen LogP contribution in [0.4, 0.5) is 8.78 Å². The molecule has 3 heterocycles. The number of benzene rings is 1. The van der Waals surface area contributed by atoms with Gasteiger partial charge >= 0.3 is 0 Å². The third kappa shape index (κ3) is 4.12. The van der Waals surface area contributed by atoms with Gasteiger partial charge in [0.2, 0.25) is 5.92 Å². The number of alkyl halides is 2. The van der Waals surface area contributed by atoms with Gasteiger partial charge in [-0.1, -0.05) is 12.1 Å². The molecule has 32 heavy (non-hydrogen) atoms. The van der Waals surface area contributed by atoms with Crippen LogP contribution in [-0.4, -0.2) is 37.2 Å². The number of nitrogens with one attached hydrogen (secondary N) is 1. The molecule has 6 nitrogen and oxygen atoms in total. The Balaban J connectivity index is 1.36. The zero-order chi connectivity index (χ0) is 22.1. The second-order valence-electron chi connectivity index (χ2n) is 8.26. The van der Waals surface area contributed by atoms with Crippen LogP contribution >= 0.6 is 0 Å². The minimum absolute atomic E-state index is 0.188. The molecule has 8 heteroatoms. The number of rotatable bonds is 5. The van der Waals surface area contributed by atoms with E-state index in [1.807, 2.05) is 53.2 Å². The van der Waals surface area contributed by atoms with Gasteiger partial charge in [0, 0.05) is 50.2 Å². The number of carbonyl (C=O) groups excluding carboxylic acids is 1. The van der Waals surface area contributed by atoms with Gasteiger partial charge in [-0.25, -0.2) is 13.5 Å². The molecule has 1 saturated carbocycles. The maximum atomic E-state index is 13.4. The highest BCUT2D eigenvalue weighted by atomic mass is 19.3. The first-order valence-electron chi connectivity index (χ1n) is 10.7. The van der Waals surface area contributed by atoms with Crippen molar-refractivity contribution in [2.45, 2.75) is 44.2 Å². The molecular formula is C24H23F2N5O. The van der Waals surface area contributed by atoms with E-state index >= 15 is 0 Å². The fourth-order valence-corrected chi connectivity index (χ4v) is 4.24. The van der Waals surface area contributed by atoms with Crippen LogP contribution < -0.4 is 5.32 Å². The zero-order valence-corrected chi connectivity index (χ0v) is 17.4. The fourth-order valence-electron chi connectivity index (χ4n) is 4.24. The molecule has 164 valence electrons. The lowest BCUT2D eigenvalue weighted by molar-refractivity contribution is -0.0399. The lowest BCUT2D eigenvalue weighted by Crippen LogP contribution is -2.40. The minimum atomic E-state index is -2.62. The van der Waals surface area contributed by atoms with E-state index < -0.39 is 5.92 Å². The van der Waals surface area contributed by atoms with Crippen molar-refractivity contribution in [3.63, 3.8) is 0 Å². The van der Waals surface area contributed by atoms with Crippen LogP contribution in [0.25, 0.3) is 16.7 Å². The van der Waals surface area contributed by atoms with Crippen molar-refractivity contribution in [1.82, 2.24) is 24.6 Å².